The molecule has 3 aliphatic rings. The molecule has 4 heteroatoms. The van der Waals surface area contributed by atoms with Crippen LogP contribution in [-0.2, 0) is 11.3 Å². The van der Waals surface area contributed by atoms with E-state index in [9.17, 15) is 4.79 Å². The molecular formula is C23H35N3O. The molecule has 0 spiro atoms. The lowest BCUT2D eigenvalue weighted by Crippen LogP contribution is -2.51. The highest BCUT2D eigenvalue weighted by molar-refractivity contribution is 5.78. The lowest BCUT2D eigenvalue weighted by atomic mass is 9.65. The Morgan fingerprint density at radius 1 is 1.04 bits per heavy atom. The molecule has 3 unspecified atom stereocenters. The predicted octanol–water partition coefficient (Wildman–Crippen LogP) is 3.31. The highest BCUT2D eigenvalue weighted by Crippen LogP contribution is 2.41. The first-order valence-corrected chi connectivity index (χ1v) is 11.0. The van der Waals surface area contributed by atoms with Crippen LogP contribution in [0.1, 0.15) is 56.9 Å². The fraction of sp³-hybridized carbons (Fsp3) is 0.696. The van der Waals surface area contributed by atoms with E-state index in [-0.39, 0.29) is 11.8 Å². The summed E-state index contributed by atoms with van der Waals surface area (Å²) in [6.07, 6.45) is 9.46. The van der Waals surface area contributed by atoms with Crippen molar-refractivity contribution in [2.45, 2.75) is 70.0 Å². The molecule has 2 bridgehead atoms. The van der Waals surface area contributed by atoms with Crippen molar-refractivity contribution in [1.82, 2.24) is 10.2 Å². The van der Waals surface area contributed by atoms with Crippen molar-refractivity contribution in [2.75, 3.05) is 13.1 Å². The second-order valence-corrected chi connectivity index (χ2v) is 9.05. The fourth-order valence-electron chi connectivity index (χ4n) is 5.68. The average molecular weight is 370 g/mol. The summed E-state index contributed by atoms with van der Waals surface area (Å²) in [6.45, 7) is 2.92. The van der Waals surface area contributed by atoms with Gasteiger partial charge in [0.2, 0.25) is 5.91 Å². The molecule has 0 aromatic heterocycles. The van der Waals surface area contributed by atoms with Crippen LogP contribution >= 0.6 is 0 Å². The lowest BCUT2D eigenvalue weighted by molar-refractivity contribution is -0.128. The third kappa shape index (κ3) is 4.55. The van der Waals surface area contributed by atoms with Crippen LogP contribution in [0.25, 0.3) is 0 Å². The molecule has 27 heavy (non-hydrogen) atoms. The van der Waals surface area contributed by atoms with E-state index in [1.165, 1.54) is 44.1 Å². The first-order chi connectivity index (χ1) is 13.2. The molecule has 3 fully saturated rings. The van der Waals surface area contributed by atoms with Crippen LogP contribution in [0.15, 0.2) is 30.3 Å². The number of carbonyl (C=O) groups excluding carboxylic acids is 1. The predicted molar refractivity (Wildman–Crippen MR) is 109 cm³/mol. The third-order valence-electron chi connectivity index (χ3n) is 7.27. The number of rotatable bonds is 5. The molecule has 4 nitrogen and oxygen atoms in total. The van der Waals surface area contributed by atoms with E-state index in [4.69, 9.17) is 5.73 Å². The Morgan fingerprint density at radius 3 is 2.52 bits per heavy atom. The maximum Gasteiger partial charge on any atom is 0.223 e. The molecule has 3 N–H and O–H groups in total. The van der Waals surface area contributed by atoms with Gasteiger partial charge in [0.05, 0.1) is 0 Å². The van der Waals surface area contributed by atoms with Crippen LogP contribution in [0.5, 0.6) is 0 Å². The number of likely N-dealkylation sites (tertiary alicyclic amines) is 1. The molecular weight excluding hydrogens is 334 g/mol. The van der Waals surface area contributed by atoms with Crippen molar-refractivity contribution < 1.29 is 4.79 Å². The van der Waals surface area contributed by atoms with Crippen LogP contribution in [-0.4, -0.2) is 36.0 Å². The first-order valence-electron chi connectivity index (χ1n) is 11.0. The molecule has 1 aliphatic heterocycles. The molecule has 148 valence electrons. The Bertz CT molecular complexity index is 605. The molecule has 2 saturated carbocycles. The quantitative estimate of drug-likeness (QED) is 0.837. The zero-order valence-corrected chi connectivity index (χ0v) is 16.5. The monoisotopic (exact) mass is 369 g/mol. The number of amides is 1. The topological polar surface area (TPSA) is 58.4 Å². The second-order valence-electron chi connectivity index (χ2n) is 9.05. The SMILES string of the molecule is NC1C2CCCC1CC(C(=O)NCC1CCCCN1Cc1ccccc1)C2. The van der Waals surface area contributed by atoms with Gasteiger partial charge in [0.25, 0.3) is 0 Å². The normalized spacial score (nSPS) is 34.2. The molecule has 0 radical (unpaired) electrons. The van der Waals surface area contributed by atoms with Crippen molar-refractivity contribution in [2.24, 2.45) is 23.5 Å². The van der Waals surface area contributed by atoms with Crippen molar-refractivity contribution in [3.8, 4) is 0 Å². The number of nitrogens with two attached hydrogens (primary N) is 1. The maximum atomic E-state index is 12.9. The van der Waals surface area contributed by atoms with Gasteiger partial charge in [-0.2, -0.15) is 0 Å². The third-order valence-corrected chi connectivity index (χ3v) is 7.27. The van der Waals surface area contributed by atoms with Gasteiger partial charge in [-0.3, -0.25) is 9.69 Å². The van der Waals surface area contributed by atoms with E-state index in [1.54, 1.807) is 0 Å². The molecule has 1 amide bonds. The minimum atomic E-state index is 0.186. The molecule has 4 rings (SSSR count). The van der Waals surface area contributed by atoms with E-state index in [0.29, 0.717) is 23.9 Å². The first kappa shape index (κ1) is 18.9. The van der Waals surface area contributed by atoms with Crippen molar-refractivity contribution >= 4 is 5.91 Å². The van der Waals surface area contributed by atoms with Crippen LogP contribution in [0, 0.1) is 17.8 Å². The zero-order chi connectivity index (χ0) is 18.6. The summed E-state index contributed by atoms with van der Waals surface area (Å²) < 4.78 is 0. The molecule has 1 heterocycles. The van der Waals surface area contributed by atoms with Gasteiger partial charge in [0, 0.05) is 31.1 Å². The summed E-state index contributed by atoms with van der Waals surface area (Å²) >= 11 is 0. The Labute approximate surface area is 163 Å². The molecule has 1 aromatic rings. The van der Waals surface area contributed by atoms with Crippen LogP contribution in [0.3, 0.4) is 0 Å². The number of hydrogen-bond acceptors (Lipinski definition) is 3. The van der Waals surface area contributed by atoms with Gasteiger partial charge in [0.1, 0.15) is 0 Å². The van der Waals surface area contributed by atoms with Gasteiger partial charge in [0.15, 0.2) is 0 Å². The summed E-state index contributed by atoms with van der Waals surface area (Å²) in [7, 11) is 0. The van der Waals surface area contributed by atoms with Crippen molar-refractivity contribution in [3.05, 3.63) is 35.9 Å². The molecule has 2 aliphatic carbocycles. The van der Waals surface area contributed by atoms with E-state index in [2.05, 4.69) is 40.5 Å². The average Bonchev–Trinajstić information content (AvgIpc) is 2.68. The van der Waals surface area contributed by atoms with Gasteiger partial charge in [-0.15, -0.1) is 0 Å². The minimum absolute atomic E-state index is 0.186. The number of fused-ring (bicyclic) bond motifs is 2. The number of nitrogens with zero attached hydrogens (tertiary/aromatic N) is 1. The van der Waals surface area contributed by atoms with Crippen LogP contribution in [0.2, 0.25) is 0 Å². The highest BCUT2D eigenvalue weighted by Gasteiger charge is 2.40. The van der Waals surface area contributed by atoms with Crippen molar-refractivity contribution in [1.29, 1.82) is 0 Å². The zero-order valence-electron chi connectivity index (χ0n) is 16.5. The molecule has 3 atom stereocenters. The van der Waals surface area contributed by atoms with Gasteiger partial charge >= 0.3 is 0 Å². The van der Waals surface area contributed by atoms with Gasteiger partial charge in [-0.05, 0) is 62.5 Å². The Hall–Kier alpha value is -1.39. The molecule has 1 saturated heterocycles. The van der Waals surface area contributed by atoms with Crippen molar-refractivity contribution in [3.63, 3.8) is 0 Å². The number of carbonyl (C=O) groups is 1. The number of piperidine rings is 1. The lowest BCUT2D eigenvalue weighted by Gasteiger charge is -2.43. The van der Waals surface area contributed by atoms with E-state index in [0.717, 1.165) is 32.5 Å². The maximum absolute atomic E-state index is 12.9. The number of benzene rings is 1. The summed E-state index contributed by atoms with van der Waals surface area (Å²) in [5.74, 6) is 1.60. The second kappa shape index (κ2) is 8.74. The fourth-order valence-corrected chi connectivity index (χ4v) is 5.68. The largest absolute Gasteiger partial charge is 0.354 e. The number of nitrogens with one attached hydrogen (secondary N) is 1. The summed E-state index contributed by atoms with van der Waals surface area (Å²) in [5, 5.41) is 3.32. The Morgan fingerprint density at radius 2 is 1.78 bits per heavy atom. The summed E-state index contributed by atoms with van der Waals surface area (Å²) in [6, 6.07) is 11.5. The Kier molecular flexibility index (Phi) is 6.14. The Balaban J connectivity index is 1.30. The highest BCUT2D eigenvalue weighted by atomic mass is 16.1. The standard InChI is InChI=1S/C23H35N3O/c24-22-18-9-6-10-19(22)14-20(13-18)23(27)25-15-21-11-4-5-12-26(21)16-17-7-2-1-3-8-17/h1-3,7-8,18-22H,4-6,9-16,24H2,(H,25,27). The summed E-state index contributed by atoms with van der Waals surface area (Å²) in [4.78, 5) is 15.4. The van der Waals surface area contributed by atoms with Gasteiger partial charge < -0.3 is 11.1 Å². The smallest absolute Gasteiger partial charge is 0.223 e. The number of hydrogen-bond donors (Lipinski definition) is 2. The summed E-state index contributed by atoms with van der Waals surface area (Å²) in [5.41, 5.74) is 7.76. The van der Waals surface area contributed by atoms with E-state index >= 15 is 0 Å². The minimum Gasteiger partial charge on any atom is -0.354 e. The van der Waals surface area contributed by atoms with Gasteiger partial charge in [-0.25, -0.2) is 0 Å². The van der Waals surface area contributed by atoms with E-state index in [1.807, 2.05) is 0 Å². The molecule has 1 aromatic carbocycles. The van der Waals surface area contributed by atoms with E-state index < -0.39 is 0 Å². The van der Waals surface area contributed by atoms with Gasteiger partial charge in [-0.1, -0.05) is 43.2 Å². The van der Waals surface area contributed by atoms with Crippen LogP contribution < -0.4 is 11.1 Å². The van der Waals surface area contributed by atoms with Crippen LogP contribution in [0.4, 0.5) is 0 Å².